The summed E-state index contributed by atoms with van der Waals surface area (Å²) in [6.07, 6.45) is 5.60. The molecule has 28 heavy (non-hydrogen) atoms. The topological polar surface area (TPSA) is 66.8 Å². The number of rotatable bonds is 9. The lowest BCUT2D eigenvalue weighted by molar-refractivity contribution is 0.295. The minimum Gasteiger partial charge on any atom is -0.366 e. The van der Waals surface area contributed by atoms with Gasteiger partial charge in [-0.1, -0.05) is 38.1 Å². The smallest absolute Gasteiger partial charge is 0.184 e. The zero-order valence-corrected chi connectivity index (χ0v) is 17.3. The van der Waals surface area contributed by atoms with Crippen LogP contribution in [0.25, 0.3) is 22.4 Å². The van der Waals surface area contributed by atoms with Crippen LogP contribution in [0.15, 0.2) is 36.8 Å². The van der Waals surface area contributed by atoms with Crippen LogP contribution in [-0.2, 0) is 0 Å². The SMILES string of the molecule is CCN(CC)CCCC(C)Nc1ncnc2nc(-c3ccccc3C)cnc12. The molecule has 6 nitrogen and oxygen atoms in total. The first-order valence-electron chi connectivity index (χ1n) is 10.1. The van der Waals surface area contributed by atoms with E-state index in [4.69, 9.17) is 4.98 Å². The third-order valence-corrected chi connectivity index (χ3v) is 5.16. The van der Waals surface area contributed by atoms with Gasteiger partial charge in [0.25, 0.3) is 0 Å². The second kappa shape index (κ2) is 9.55. The van der Waals surface area contributed by atoms with E-state index in [-0.39, 0.29) is 0 Å². The van der Waals surface area contributed by atoms with Crippen molar-refractivity contribution in [3.63, 3.8) is 0 Å². The predicted molar refractivity (Wildman–Crippen MR) is 115 cm³/mol. The highest BCUT2D eigenvalue weighted by Crippen LogP contribution is 2.24. The van der Waals surface area contributed by atoms with Crippen molar-refractivity contribution in [3.05, 3.63) is 42.4 Å². The monoisotopic (exact) mass is 378 g/mol. The van der Waals surface area contributed by atoms with E-state index in [1.54, 1.807) is 6.33 Å². The lowest BCUT2D eigenvalue weighted by Crippen LogP contribution is -2.25. The van der Waals surface area contributed by atoms with Gasteiger partial charge in [0, 0.05) is 11.6 Å². The number of nitrogens with one attached hydrogen (secondary N) is 1. The first-order valence-corrected chi connectivity index (χ1v) is 10.1. The molecular weight excluding hydrogens is 348 g/mol. The summed E-state index contributed by atoms with van der Waals surface area (Å²) in [5.41, 5.74) is 4.42. The maximum atomic E-state index is 4.72. The summed E-state index contributed by atoms with van der Waals surface area (Å²) in [7, 11) is 0. The first-order chi connectivity index (χ1) is 13.6. The Bertz CT molecular complexity index is 906. The maximum Gasteiger partial charge on any atom is 0.184 e. The van der Waals surface area contributed by atoms with Crippen molar-refractivity contribution in [1.29, 1.82) is 0 Å². The van der Waals surface area contributed by atoms with E-state index in [0.717, 1.165) is 55.1 Å². The van der Waals surface area contributed by atoms with Crippen LogP contribution in [0.2, 0.25) is 0 Å². The van der Waals surface area contributed by atoms with Crippen LogP contribution >= 0.6 is 0 Å². The summed E-state index contributed by atoms with van der Waals surface area (Å²) in [5.74, 6) is 0.754. The predicted octanol–water partition coefficient (Wildman–Crippen LogP) is 4.32. The Morgan fingerprint density at radius 1 is 1.07 bits per heavy atom. The van der Waals surface area contributed by atoms with E-state index in [1.165, 1.54) is 5.56 Å². The van der Waals surface area contributed by atoms with Gasteiger partial charge < -0.3 is 10.2 Å². The summed E-state index contributed by atoms with van der Waals surface area (Å²) in [5, 5.41) is 3.49. The minimum absolute atomic E-state index is 0.312. The van der Waals surface area contributed by atoms with Crippen LogP contribution in [0.5, 0.6) is 0 Å². The molecule has 0 radical (unpaired) electrons. The van der Waals surface area contributed by atoms with Crippen molar-refractivity contribution in [2.45, 2.75) is 46.6 Å². The van der Waals surface area contributed by atoms with Gasteiger partial charge in [0.15, 0.2) is 11.5 Å². The van der Waals surface area contributed by atoms with Gasteiger partial charge in [0.1, 0.15) is 11.8 Å². The number of hydrogen-bond donors (Lipinski definition) is 1. The van der Waals surface area contributed by atoms with E-state index in [2.05, 4.69) is 65.0 Å². The summed E-state index contributed by atoms with van der Waals surface area (Å²) < 4.78 is 0. The van der Waals surface area contributed by atoms with Gasteiger partial charge in [-0.15, -0.1) is 0 Å². The van der Waals surface area contributed by atoms with Crippen molar-refractivity contribution in [2.24, 2.45) is 0 Å². The maximum absolute atomic E-state index is 4.72. The lowest BCUT2D eigenvalue weighted by atomic mass is 10.1. The van der Waals surface area contributed by atoms with E-state index in [0.29, 0.717) is 11.7 Å². The van der Waals surface area contributed by atoms with Crippen molar-refractivity contribution < 1.29 is 0 Å². The van der Waals surface area contributed by atoms with Crippen LogP contribution < -0.4 is 5.32 Å². The zero-order valence-electron chi connectivity index (χ0n) is 17.3. The van der Waals surface area contributed by atoms with Gasteiger partial charge in [0.05, 0.1) is 11.9 Å². The molecule has 3 aromatic rings. The third-order valence-electron chi connectivity index (χ3n) is 5.16. The molecular formula is C22H30N6. The molecule has 1 unspecified atom stereocenters. The number of benzene rings is 1. The zero-order chi connectivity index (χ0) is 19.9. The lowest BCUT2D eigenvalue weighted by Gasteiger charge is -2.20. The number of aromatic nitrogens is 4. The number of aryl methyl sites for hydroxylation is 1. The molecule has 6 heteroatoms. The molecule has 1 atom stereocenters. The van der Waals surface area contributed by atoms with Crippen molar-refractivity contribution in [3.8, 4) is 11.3 Å². The Morgan fingerprint density at radius 2 is 1.86 bits per heavy atom. The largest absolute Gasteiger partial charge is 0.366 e. The molecule has 2 heterocycles. The molecule has 0 amide bonds. The molecule has 2 aromatic heterocycles. The Balaban J connectivity index is 1.73. The van der Waals surface area contributed by atoms with Gasteiger partial charge >= 0.3 is 0 Å². The molecule has 0 aliphatic heterocycles. The second-order valence-electron chi connectivity index (χ2n) is 7.18. The Labute approximate surface area is 167 Å². The highest BCUT2D eigenvalue weighted by atomic mass is 15.1. The molecule has 3 rings (SSSR count). The molecule has 148 valence electrons. The standard InChI is InChI=1S/C22H30N6/c1-5-28(6-2)13-9-11-17(4)26-21-20-22(25-15-24-21)27-19(14-23-20)18-12-8-7-10-16(18)3/h7-8,10,12,14-15,17H,5-6,9,11,13H2,1-4H3,(H,24,25,26,27). The minimum atomic E-state index is 0.312. The molecule has 0 aliphatic carbocycles. The summed E-state index contributed by atoms with van der Waals surface area (Å²) in [6, 6.07) is 8.49. The van der Waals surface area contributed by atoms with Crippen LogP contribution in [0.3, 0.4) is 0 Å². The average Bonchev–Trinajstić information content (AvgIpc) is 2.71. The van der Waals surface area contributed by atoms with E-state index < -0.39 is 0 Å². The molecule has 1 aromatic carbocycles. The van der Waals surface area contributed by atoms with E-state index in [9.17, 15) is 0 Å². The fraction of sp³-hybridized carbons (Fsp3) is 0.455. The summed E-state index contributed by atoms with van der Waals surface area (Å²) in [4.78, 5) is 20.5. The fourth-order valence-electron chi connectivity index (χ4n) is 3.40. The molecule has 1 N–H and O–H groups in total. The number of anilines is 1. The van der Waals surface area contributed by atoms with Crippen molar-refractivity contribution in [2.75, 3.05) is 25.0 Å². The highest BCUT2D eigenvalue weighted by molar-refractivity contribution is 5.83. The quantitative estimate of drug-likeness (QED) is 0.598. The average molecular weight is 379 g/mol. The first kappa shape index (κ1) is 20.1. The summed E-state index contributed by atoms with van der Waals surface area (Å²) >= 11 is 0. The number of fused-ring (bicyclic) bond motifs is 1. The van der Waals surface area contributed by atoms with Gasteiger partial charge in [-0.2, -0.15) is 0 Å². The molecule has 0 saturated carbocycles. The normalized spacial score (nSPS) is 12.5. The van der Waals surface area contributed by atoms with Crippen LogP contribution in [0, 0.1) is 6.92 Å². The number of hydrogen-bond acceptors (Lipinski definition) is 6. The van der Waals surface area contributed by atoms with Gasteiger partial charge in [-0.3, -0.25) is 0 Å². The van der Waals surface area contributed by atoms with Crippen molar-refractivity contribution >= 4 is 17.0 Å². The van der Waals surface area contributed by atoms with Crippen LogP contribution in [0.4, 0.5) is 5.82 Å². The molecule has 0 aliphatic rings. The van der Waals surface area contributed by atoms with E-state index in [1.807, 2.05) is 18.3 Å². The molecule has 0 fully saturated rings. The molecule has 0 saturated heterocycles. The Morgan fingerprint density at radius 3 is 2.61 bits per heavy atom. The Hall–Kier alpha value is -2.60. The third kappa shape index (κ3) is 4.81. The van der Waals surface area contributed by atoms with Crippen molar-refractivity contribution in [1.82, 2.24) is 24.8 Å². The molecule has 0 bridgehead atoms. The number of nitrogens with zero attached hydrogens (tertiary/aromatic N) is 5. The van der Waals surface area contributed by atoms with Gasteiger partial charge in [0.2, 0.25) is 0 Å². The van der Waals surface area contributed by atoms with Gasteiger partial charge in [-0.05, 0) is 51.9 Å². The highest BCUT2D eigenvalue weighted by Gasteiger charge is 2.12. The fourth-order valence-corrected chi connectivity index (χ4v) is 3.40. The van der Waals surface area contributed by atoms with E-state index >= 15 is 0 Å². The van der Waals surface area contributed by atoms with Crippen LogP contribution in [-0.4, -0.2) is 50.5 Å². The van der Waals surface area contributed by atoms with Gasteiger partial charge in [-0.25, -0.2) is 19.9 Å². The Kier molecular flexibility index (Phi) is 6.87. The summed E-state index contributed by atoms with van der Waals surface area (Å²) in [6.45, 7) is 12.0. The molecule has 0 spiro atoms. The second-order valence-corrected chi connectivity index (χ2v) is 7.18. The van der Waals surface area contributed by atoms with Crippen LogP contribution in [0.1, 0.15) is 39.2 Å².